The van der Waals surface area contributed by atoms with E-state index in [1.807, 2.05) is 38.4 Å². The smallest absolute Gasteiger partial charge is 0.0834 e. The molecule has 2 aromatic rings. The summed E-state index contributed by atoms with van der Waals surface area (Å²) in [5.41, 5.74) is 0.990. The Morgan fingerprint density at radius 3 is 2.63 bits per heavy atom. The lowest BCUT2D eigenvalue weighted by atomic mass is 10.2. The zero-order valence-electron chi connectivity index (χ0n) is 10.7. The van der Waals surface area contributed by atoms with Gasteiger partial charge in [-0.3, -0.25) is 4.68 Å². The van der Waals surface area contributed by atoms with E-state index in [4.69, 9.17) is 23.2 Å². The monoisotopic (exact) mass is 315 g/mol. The number of aromatic nitrogens is 2. The molecule has 1 N–H and O–H groups in total. The molecule has 0 bridgehead atoms. The zero-order chi connectivity index (χ0) is 13.8. The normalized spacial score (nSPS) is 12.6. The number of aryl methyl sites for hydroxylation is 1. The lowest BCUT2D eigenvalue weighted by Crippen LogP contribution is -2.22. The van der Waals surface area contributed by atoms with Crippen molar-refractivity contribution in [1.82, 2.24) is 15.1 Å². The molecule has 0 saturated carbocycles. The molecule has 0 aliphatic rings. The third-order valence-corrected chi connectivity index (χ3v) is 4.76. The SMILES string of the molecule is CNC(CSc1ccccc1Cl)c1c(Cl)cnn1C. The van der Waals surface area contributed by atoms with E-state index in [2.05, 4.69) is 10.4 Å². The van der Waals surface area contributed by atoms with Gasteiger partial charge >= 0.3 is 0 Å². The molecule has 6 heteroatoms. The summed E-state index contributed by atoms with van der Waals surface area (Å²) in [6, 6.07) is 7.96. The topological polar surface area (TPSA) is 29.9 Å². The molecule has 1 aromatic carbocycles. The molecule has 0 spiro atoms. The number of nitrogens with zero attached hydrogens (tertiary/aromatic N) is 2. The fraction of sp³-hybridized carbons (Fsp3) is 0.308. The fourth-order valence-electron chi connectivity index (χ4n) is 1.85. The van der Waals surface area contributed by atoms with Crippen LogP contribution in [0.15, 0.2) is 35.4 Å². The van der Waals surface area contributed by atoms with Crippen molar-refractivity contribution in [2.45, 2.75) is 10.9 Å². The van der Waals surface area contributed by atoms with Gasteiger partial charge in [0.25, 0.3) is 0 Å². The Balaban J connectivity index is 2.11. The van der Waals surface area contributed by atoms with Crippen LogP contribution in [0.1, 0.15) is 11.7 Å². The number of rotatable bonds is 5. The van der Waals surface area contributed by atoms with E-state index in [9.17, 15) is 0 Å². The van der Waals surface area contributed by atoms with Gasteiger partial charge in [-0.2, -0.15) is 5.10 Å². The summed E-state index contributed by atoms with van der Waals surface area (Å²) in [6.07, 6.45) is 1.67. The Labute approximate surface area is 127 Å². The highest BCUT2D eigenvalue weighted by atomic mass is 35.5. The van der Waals surface area contributed by atoms with E-state index in [1.165, 1.54) is 0 Å². The molecule has 0 radical (unpaired) electrons. The molecule has 1 aromatic heterocycles. The number of thioether (sulfide) groups is 1. The van der Waals surface area contributed by atoms with Gasteiger partial charge in [-0.05, 0) is 19.2 Å². The lowest BCUT2D eigenvalue weighted by molar-refractivity contribution is 0.586. The molecule has 102 valence electrons. The molecule has 19 heavy (non-hydrogen) atoms. The lowest BCUT2D eigenvalue weighted by Gasteiger charge is -2.17. The van der Waals surface area contributed by atoms with Crippen molar-refractivity contribution in [2.75, 3.05) is 12.8 Å². The van der Waals surface area contributed by atoms with Gasteiger partial charge < -0.3 is 5.32 Å². The van der Waals surface area contributed by atoms with E-state index in [1.54, 1.807) is 22.6 Å². The summed E-state index contributed by atoms with van der Waals surface area (Å²) in [4.78, 5) is 1.07. The minimum Gasteiger partial charge on any atom is -0.311 e. The standard InChI is InChI=1S/C13H15Cl2N3S/c1-16-11(13-10(15)7-17-18(13)2)8-19-12-6-4-3-5-9(12)14/h3-7,11,16H,8H2,1-2H3. The Morgan fingerprint density at radius 2 is 2.05 bits per heavy atom. The maximum atomic E-state index is 6.17. The number of halogens is 2. The van der Waals surface area contributed by atoms with E-state index in [-0.39, 0.29) is 6.04 Å². The minimum atomic E-state index is 0.126. The van der Waals surface area contributed by atoms with Crippen LogP contribution in [-0.2, 0) is 7.05 Å². The Hall–Kier alpha value is -0.680. The van der Waals surface area contributed by atoms with Gasteiger partial charge in [-0.15, -0.1) is 11.8 Å². The average Bonchev–Trinajstić information content (AvgIpc) is 2.73. The van der Waals surface area contributed by atoms with Crippen molar-refractivity contribution in [3.8, 4) is 0 Å². The molecule has 0 amide bonds. The molecule has 3 nitrogen and oxygen atoms in total. The summed E-state index contributed by atoms with van der Waals surface area (Å²) in [6.45, 7) is 0. The molecular formula is C13H15Cl2N3S. The van der Waals surface area contributed by atoms with Crippen LogP contribution in [0.3, 0.4) is 0 Å². The molecule has 0 saturated heterocycles. The van der Waals surface area contributed by atoms with Crippen LogP contribution in [-0.4, -0.2) is 22.6 Å². The van der Waals surface area contributed by atoms with Gasteiger partial charge in [-0.1, -0.05) is 35.3 Å². The summed E-state index contributed by atoms with van der Waals surface area (Å²) >= 11 is 14.0. The largest absolute Gasteiger partial charge is 0.311 e. The summed E-state index contributed by atoms with van der Waals surface area (Å²) in [5, 5.41) is 8.89. The highest BCUT2D eigenvalue weighted by Gasteiger charge is 2.18. The highest BCUT2D eigenvalue weighted by molar-refractivity contribution is 7.99. The molecule has 2 rings (SSSR count). The molecule has 1 unspecified atom stereocenters. The van der Waals surface area contributed by atoms with Crippen molar-refractivity contribution in [1.29, 1.82) is 0 Å². The summed E-state index contributed by atoms with van der Waals surface area (Å²) in [5.74, 6) is 0.833. The van der Waals surface area contributed by atoms with E-state index >= 15 is 0 Å². The predicted octanol–water partition coefficient (Wildman–Crippen LogP) is 3.78. The first kappa shape index (κ1) is 14.7. The molecule has 1 heterocycles. The fourth-order valence-corrected chi connectivity index (χ4v) is 3.49. The number of benzene rings is 1. The molecule has 1 atom stereocenters. The van der Waals surface area contributed by atoms with E-state index < -0.39 is 0 Å². The summed E-state index contributed by atoms with van der Waals surface area (Å²) in [7, 11) is 3.81. The van der Waals surface area contributed by atoms with Crippen LogP contribution in [0.2, 0.25) is 10.0 Å². The van der Waals surface area contributed by atoms with Crippen LogP contribution in [0.5, 0.6) is 0 Å². The second-order valence-electron chi connectivity index (χ2n) is 4.08. The Kier molecular flexibility index (Phi) is 5.16. The molecule has 0 aliphatic carbocycles. The highest BCUT2D eigenvalue weighted by Crippen LogP contribution is 2.31. The number of hydrogen-bond donors (Lipinski definition) is 1. The first-order chi connectivity index (χ1) is 9.13. The quantitative estimate of drug-likeness (QED) is 0.852. The first-order valence-corrected chi connectivity index (χ1v) is 7.59. The van der Waals surface area contributed by atoms with Crippen LogP contribution in [0.4, 0.5) is 0 Å². The predicted molar refractivity (Wildman–Crippen MR) is 82.2 cm³/mol. The Bertz CT molecular complexity index is 537. The number of hydrogen-bond acceptors (Lipinski definition) is 3. The van der Waals surface area contributed by atoms with E-state index in [0.29, 0.717) is 5.02 Å². The minimum absolute atomic E-state index is 0.126. The van der Waals surface area contributed by atoms with Crippen LogP contribution < -0.4 is 5.32 Å². The molecular weight excluding hydrogens is 301 g/mol. The van der Waals surface area contributed by atoms with Crippen molar-refractivity contribution in [3.63, 3.8) is 0 Å². The van der Waals surface area contributed by atoms with Gasteiger partial charge in [-0.25, -0.2) is 0 Å². The third kappa shape index (κ3) is 3.45. The van der Waals surface area contributed by atoms with Crippen LogP contribution in [0.25, 0.3) is 0 Å². The number of nitrogens with one attached hydrogen (secondary N) is 1. The maximum absolute atomic E-state index is 6.17. The van der Waals surface area contributed by atoms with Gasteiger partial charge in [0.15, 0.2) is 0 Å². The Morgan fingerprint density at radius 1 is 1.32 bits per heavy atom. The zero-order valence-corrected chi connectivity index (χ0v) is 13.1. The van der Waals surface area contributed by atoms with Crippen LogP contribution >= 0.6 is 35.0 Å². The van der Waals surface area contributed by atoms with Gasteiger partial charge in [0.1, 0.15) is 0 Å². The van der Waals surface area contributed by atoms with Crippen molar-refractivity contribution >= 4 is 35.0 Å². The van der Waals surface area contributed by atoms with Crippen molar-refractivity contribution in [3.05, 3.63) is 46.2 Å². The maximum Gasteiger partial charge on any atom is 0.0834 e. The average molecular weight is 316 g/mol. The van der Waals surface area contributed by atoms with Crippen molar-refractivity contribution in [2.24, 2.45) is 7.05 Å². The summed E-state index contributed by atoms with van der Waals surface area (Å²) < 4.78 is 1.80. The van der Waals surface area contributed by atoms with Crippen LogP contribution in [0, 0.1) is 0 Å². The first-order valence-electron chi connectivity index (χ1n) is 5.85. The van der Waals surface area contributed by atoms with Gasteiger partial charge in [0.2, 0.25) is 0 Å². The second-order valence-corrected chi connectivity index (χ2v) is 5.96. The van der Waals surface area contributed by atoms with Gasteiger partial charge in [0, 0.05) is 17.7 Å². The molecule has 0 aliphatic heterocycles. The third-order valence-electron chi connectivity index (χ3n) is 2.86. The second kappa shape index (κ2) is 6.66. The molecule has 0 fully saturated rings. The van der Waals surface area contributed by atoms with Gasteiger partial charge in [0.05, 0.1) is 28.0 Å². The van der Waals surface area contributed by atoms with E-state index in [0.717, 1.165) is 21.4 Å². The van der Waals surface area contributed by atoms with Crippen molar-refractivity contribution < 1.29 is 0 Å².